The first-order valence-electron chi connectivity index (χ1n) is 7.24. The van der Waals surface area contributed by atoms with Crippen molar-refractivity contribution in [3.8, 4) is 5.75 Å². The van der Waals surface area contributed by atoms with Crippen LogP contribution in [0.5, 0.6) is 5.75 Å². The second-order valence-corrected chi connectivity index (χ2v) is 5.21. The van der Waals surface area contributed by atoms with E-state index >= 15 is 0 Å². The van der Waals surface area contributed by atoms with Crippen molar-refractivity contribution >= 4 is 35.6 Å². The molecule has 0 aromatic heterocycles. The molecule has 0 heterocycles. The molecule has 0 unspecified atom stereocenters. The molecule has 0 spiro atoms. The first-order valence-corrected chi connectivity index (χ1v) is 7.24. The lowest BCUT2D eigenvalue weighted by Gasteiger charge is -2.13. The zero-order chi connectivity index (χ0) is 17.6. The van der Waals surface area contributed by atoms with E-state index in [1.54, 1.807) is 25.1 Å². The molecule has 0 atom stereocenters. The maximum atomic E-state index is 12.3. The van der Waals surface area contributed by atoms with Crippen molar-refractivity contribution < 1.29 is 17.9 Å². The standard InChI is InChI=1S/C17H18F3N3O.HI/c1-12-7-8-13(15(9-12)24-11-17(18,19)20)10-22-16(21)23-14-5-3-2-4-6-14;/h2-9H,10-11H2,1H3,(H3,21,22,23);1H. The van der Waals surface area contributed by atoms with E-state index in [2.05, 4.69) is 10.3 Å². The molecule has 0 amide bonds. The summed E-state index contributed by atoms with van der Waals surface area (Å²) >= 11 is 0. The number of nitrogens with two attached hydrogens (primary N) is 1. The Morgan fingerprint density at radius 3 is 2.48 bits per heavy atom. The Balaban J connectivity index is 0.00000312. The van der Waals surface area contributed by atoms with E-state index in [1.807, 2.05) is 30.3 Å². The van der Waals surface area contributed by atoms with Gasteiger partial charge >= 0.3 is 6.18 Å². The molecule has 136 valence electrons. The van der Waals surface area contributed by atoms with Gasteiger partial charge in [-0.3, -0.25) is 0 Å². The number of halogens is 4. The van der Waals surface area contributed by atoms with Crippen LogP contribution in [-0.4, -0.2) is 18.7 Å². The van der Waals surface area contributed by atoms with Crippen molar-refractivity contribution in [1.29, 1.82) is 0 Å². The summed E-state index contributed by atoms with van der Waals surface area (Å²) in [6.07, 6.45) is -4.39. The van der Waals surface area contributed by atoms with Crippen molar-refractivity contribution in [3.05, 3.63) is 59.7 Å². The van der Waals surface area contributed by atoms with Crippen molar-refractivity contribution in [3.63, 3.8) is 0 Å². The average Bonchev–Trinajstić information content (AvgIpc) is 2.52. The molecule has 0 fully saturated rings. The highest BCUT2D eigenvalue weighted by Crippen LogP contribution is 2.24. The third-order valence-corrected chi connectivity index (χ3v) is 3.08. The van der Waals surface area contributed by atoms with E-state index in [9.17, 15) is 13.2 Å². The number of rotatable bonds is 5. The van der Waals surface area contributed by atoms with Crippen LogP contribution in [0.25, 0.3) is 0 Å². The fraction of sp³-hybridized carbons (Fsp3) is 0.235. The molecule has 0 saturated carbocycles. The first-order chi connectivity index (χ1) is 11.3. The number of para-hydroxylation sites is 1. The van der Waals surface area contributed by atoms with Crippen LogP contribution < -0.4 is 15.8 Å². The number of ether oxygens (including phenoxy) is 1. The molecule has 0 saturated heterocycles. The van der Waals surface area contributed by atoms with E-state index in [0.717, 1.165) is 11.3 Å². The number of aryl methyl sites for hydroxylation is 1. The fourth-order valence-electron chi connectivity index (χ4n) is 1.97. The van der Waals surface area contributed by atoms with Crippen LogP contribution in [0.2, 0.25) is 0 Å². The average molecular weight is 465 g/mol. The van der Waals surface area contributed by atoms with Crippen LogP contribution in [0.4, 0.5) is 18.9 Å². The molecule has 4 nitrogen and oxygen atoms in total. The third-order valence-electron chi connectivity index (χ3n) is 3.08. The Morgan fingerprint density at radius 1 is 1.16 bits per heavy atom. The number of guanidine groups is 1. The molecule has 0 aliphatic carbocycles. The number of anilines is 1. The van der Waals surface area contributed by atoms with E-state index in [0.29, 0.717) is 5.56 Å². The van der Waals surface area contributed by atoms with Crippen molar-refractivity contribution in [1.82, 2.24) is 0 Å². The van der Waals surface area contributed by atoms with Crippen molar-refractivity contribution in [2.45, 2.75) is 19.6 Å². The van der Waals surface area contributed by atoms with Gasteiger partial charge in [-0.15, -0.1) is 24.0 Å². The number of alkyl halides is 3. The van der Waals surface area contributed by atoms with Crippen LogP contribution in [0.1, 0.15) is 11.1 Å². The fourth-order valence-corrected chi connectivity index (χ4v) is 1.97. The summed E-state index contributed by atoms with van der Waals surface area (Å²) in [5.74, 6) is 0.326. The zero-order valence-electron chi connectivity index (χ0n) is 13.5. The Bertz CT molecular complexity index is 706. The molecule has 3 N–H and O–H groups in total. The smallest absolute Gasteiger partial charge is 0.422 e. The quantitative estimate of drug-likeness (QED) is 0.389. The molecule has 0 aliphatic heterocycles. The van der Waals surface area contributed by atoms with Gasteiger partial charge in [-0.2, -0.15) is 13.2 Å². The van der Waals surface area contributed by atoms with Gasteiger partial charge in [0.15, 0.2) is 12.6 Å². The van der Waals surface area contributed by atoms with Gasteiger partial charge in [0.25, 0.3) is 0 Å². The molecule has 2 aromatic carbocycles. The van der Waals surface area contributed by atoms with Crippen molar-refractivity contribution in [2.75, 3.05) is 11.9 Å². The van der Waals surface area contributed by atoms with E-state index in [4.69, 9.17) is 10.5 Å². The van der Waals surface area contributed by atoms with Crippen LogP contribution in [0.3, 0.4) is 0 Å². The predicted molar refractivity (Wildman–Crippen MR) is 104 cm³/mol. The summed E-state index contributed by atoms with van der Waals surface area (Å²) in [6, 6.07) is 14.2. The normalized spacial score (nSPS) is 11.6. The van der Waals surface area contributed by atoms with Gasteiger partial charge in [0, 0.05) is 11.3 Å². The summed E-state index contributed by atoms with van der Waals surface area (Å²) in [7, 11) is 0. The van der Waals surface area contributed by atoms with Crippen LogP contribution in [0, 0.1) is 6.92 Å². The minimum Gasteiger partial charge on any atom is -0.484 e. The maximum Gasteiger partial charge on any atom is 0.422 e. The summed E-state index contributed by atoms with van der Waals surface area (Å²) < 4.78 is 41.9. The summed E-state index contributed by atoms with van der Waals surface area (Å²) in [4.78, 5) is 4.15. The number of benzene rings is 2. The highest BCUT2D eigenvalue weighted by molar-refractivity contribution is 14.0. The van der Waals surface area contributed by atoms with E-state index in [1.165, 1.54) is 0 Å². The molecule has 2 rings (SSSR count). The van der Waals surface area contributed by atoms with Gasteiger partial charge in [-0.25, -0.2) is 4.99 Å². The minimum absolute atomic E-state index is 0. The Labute approximate surface area is 161 Å². The monoisotopic (exact) mass is 465 g/mol. The van der Waals surface area contributed by atoms with E-state index in [-0.39, 0.29) is 42.2 Å². The number of nitrogens with one attached hydrogen (secondary N) is 1. The summed E-state index contributed by atoms with van der Waals surface area (Å²) in [6.45, 7) is 0.545. The van der Waals surface area contributed by atoms with Gasteiger partial charge in [0.05, 0.1) is 6.54 Å². The lowest BCUT2D eigenvalue weighted by Crippen LogP contribution is -2.22. The van der Waals surface area contributed by atoms with Gasteiger partial charge in [-0.05, 0) is 30.7 Å². The van der Waals surface area contributed by atoms with Gasteiger partial charge < -0.3 is 15.8 Å². The molecular formula is C17H19F3IN3O. The summed E-state index contributed by atoms with van der Waals surface area (Å²) in [5.41, 5.74) is 7.90. The second-order valence-electron chi connectivity index (χ2n) is 5.21. The molecule has 0 bridgehead atoms. The Kier molecular flexibility index (Phi) is 8.01. The largest absolute Gasteiger partial charge is 0.484 e. The molecule has 25 heavy (non-hydrogen) atoms. The van der Waals surface area contributed by atoms with Gasteiger partial charge in [-0.1, -0.05) is 30.3 Å². The van der Waals surface area contributed by atoms with Gasteiger partial charge in [0.1, 0.15) is 5.75 Å². The number of nitrogens with zero attached hydrogens (tertiary/aromatic N) is 1. The molecular weight excluding hydrogens is 446 g/mol. The summed E-state index contributed by atoms with van der Waals surface area (Å²) in [5, 5.41) is 2.91. The number of aliphatic imine (C=N–C) groups is 1. The van der Waals surface area contributed by atoms with Crippen LogP contribution >= 0.6 is 24.0 Å². The topological polar surface area (TPSA) is 59.6 Å². The lowest BCUT2D eigenvalue weighted by molar-refractivity contribution is -0.153. The molecule has 8 heteroatoms. The Hall–Kier alpha value is -1.97. The van der Waals surface area contributed by atoms with Gasteiger partial charge in [0.2, 0.25) is 0 Å². The third kappa shape index (κ3) is 7.63. The molecule has 0 radical (unpaired) electrons. The van der Waals surface area contributed by atoms with E-state index < -0.39 is 12.8 Å². The molecule has 0 aliphatic rings. The minimum atomic E-state index is -4.39. The highest BCUT2D eigenvalue weighted by atomic mass is 127. The molecule has 2 aromatic rings. The number of hydrogen-bond acceptors (Lipinski definition) is 2. The number of hydrogen-bond donors (Lipinski definition) is 2. The SMILES string of the molecule is Cc1ccc(CN=C(N)Nc2ccccc2)c(OCC(F)(F)F)c1.I. The highest BCUT2D eigenvalue weighted by Gasteiger charge is 2.28. The van der Waals surface area contributed by atoms with Crippen molar-refractivity contribution in [2.24, 2.45) is 10.7 Å². The first kappa shape index (κ1) is 21.1. The lowest BCUT2D eigenvalue weighted by atomic mass is 10.1. The Morgan fingerprint density at radius 2 is 1.84 bits per heavy atom. The predicted octanol–water partition coefficient (Wildman–Crippen LogP) is 4.48. The van der Waals surface area contributed by atoms with Crippen LogP contribution in [0.15, 0.2) is 53.5 Å². The maximum absolute atomic E-state index is 12.3. The second kappa shape index (κ2) is 9.50. The zero-order valence-corrected chi connectivity index (χ0v) is 15.8. The van der Waals surface area contributed by atoms with Crippen LogP contribution in [-0.2, 0) is 6.54 Å².